The standard InChI is InChI=1S/C14H16N2O3/c1-10-3-4-13(19-10)8-16(2)14(18)11-5-6-15-12(7-11)9-17/h3-7,17H,8-9H2,1-2H3. The third-order valence-corrected chi connectivity index (χ3v) is 2.76. The van der Waals surface area contributed by atoms with Crippen LogP contribution < -0.4 is 0 Å². The second-order valence-electron chi connectivity index (χ2n) is 4.37. The fraction of sp³-hybridized carbons (Fsp3) is 0.286. The molecule has 0 saturated heterocycles. The summed E-state index contributed by atoms with van der Waals surface area (Å²) in [6.45, 7) is 2.09. The third kappa shape index (κ3) is 3.20. The zero-order valence-corrected chi connectivity index (χ0v) is 11.0. The second-order valence-corrected chi connectivity index (χ2v) is 4.37. The minimum absolute atomic E-state index is 0.133. The van der Waals surface area contributed by atoms with Gasteiger partial charge in [0.1, 0.15) is 11.5 Å². The number of carbonyl (C=O) groups excluding carboxylic acids is 1. The highest BCUT2D eigenvalue weighted by Crippen LogP contribution is 2.11. The maximum absolute atomic E-state index is 12.2. The van der Waals surface area contributed by atoms with E-state index in [1.807, 2.05) is 19.1 Å². The van der Waals surface area contributed by atoms with Crippen LogP contribution in [0.2, 0.25) is 0 Å². The average Bonchev–Trinajstić information content (AvgIpc) is 2.83. The Labute approximate surface area is 111 Å². The Bertz CT molecular complexity index is 578. The van der Waals surface area contributed by atoms with Crippen LogP contribution in [-0.2, 0) is 13.2 Å². The summed E-state index contributed by atoms with van der Waals surface area (Å²) in [7, 11) is 1.71. The van der Waals surface area contributed by atoms with Gasteiger partial charge >= 0.3 is 0 Å². The second kappa shape index (κ2) is 5.67. The minimum Gasteiger partial charge on any atom is -0.464 e. The molecular formula is C14H16N2O3. The normalized spacial score (nSPS) is 10.5. The molecule has 1 N–H and O–H groups in total. The highest BCUT2D eigenvalue weighted by Gasteiger charge is 2.14. The Morgan fingerprint density at radius 2 is 2.21 bits per heavy atom. The molecule has 19 heavy (non-hydrogen) atoms. The van der Waals surface area contributed by atoms with Crippen LogP contribution in [-0.4, -0.2) is 27.9 Å². The summed E-state index contributed by atoms with van der Waals surface area (Å²) < 4.78 is 5.44. The highest BCUT2D eigenvalue weighted by atomic mass is 16.3. The number of aryl methyl sites for hydroxylation is 1. The van der Waals surface area contributed by atoms with Crippen molar-refractivity contribution in [3.8, 4) is 0 Å². The number of hydrogen-bond donors (Lipinski definition) is 1. The van der Waals surface area contributed by atoms with E-state index in [9.17, 15) is 4.79 Å². The van der Waals surface area contributed by atoms with Crippen LogP contribution in [0.15, 0.2) is 34.9 Å². The molecule has 0 fully saturated rings. The molecule has 100 valence electrons. The van der Waals surface area contributed by atoms with E-state index in [4.69, 9.17) is 9.52 Å². The first-order valence-corrected chi connectivity index (χ1v) is 5.96. The van der Waals surface area contributed by atoms with Crippen LogP contribution >= 0.6 is 0 Å². The monoisotopic (exact) mass is 260 g/mol. The number of pyridine rings is 1. The van der Waals surface area contributed by atoms with E-state index in [0.29, 0.717) is 17.8 Å². The fourth-order valence-corrected chi connectivity index (χ4v) is 1.79. The molecule has 5 heteroatoms. The number of aromatic nitrogens is 1. The number of aliphatic hydroxyl groups is 1. The van der Waals surface area contributed by atoms with Crippen molar-refractivity contribution in [3.05, 3.63) is 53.2 Å². The zero-order chi connectivity index (χ0) is 13.8. The molecule has 2 rings (SSSR count). The van der Waals surface area contributed by atoms with Gasteiger partial charge in [-0.15, -0.1) is 0 Å². The molecule has 0 saturated carbocycles. The first-order valence-electron chi connectivity index (χ1n) is 5.96. The van der Waals surface area contributed by atoms with Gasteiger partial charge in [0, 0.05) is 18.8 Å². The number of nitrogens with zero attached hydrogens (tertiary/aromatic N) is 2. The zero-order valence-electron chi connectivity index (χ0n) is 11.0. The van der Waals surface area contributed by atoms with Crippen molar-refractivity contribution in [2.24, 2.45) is 0 Å². The average molecular weight is 260 g/mol. The van der Waals surface area contributed by atoms with Gasteiger partial charge < -0.3 is 14.4 Å². The summed E-state index contributed by atoms with van der Waals surface area (Å²) in [6.07, 6.45) is 1.52. The lowest BCUT2D eigenvalue weighted by Crippen LogP contribution is -2.26. The summed E-state index contributed by atoms with van der Waals surface area (Å²) in [5.74, 6) is 1.43. The van der Waals surface area contributed by atoms with Gasteiger partial charge in [0.25, 0.3) is 5.91 Å². The first-order chi connectivity index (χ1) is 9.10. The number of aliphatic hydroxyl groups excluding tert-OH is 1. The van der Waals surface area contributed by atoms with Crippen molar-refractivity contribution in [3.63, 3.8) is 0 Å². The number of rotatable bonds is 4. The third-order valence-electron chi connectivity index (χ3n) is 2.76. The van der Waals surface area contributed by atoms with Crippen LogP contribution in [0.5, 0.6) is 0 Å². The number of carbonyl (C=O) groups is 1. The number of amides is 1. The van der Waals surface area contributed by atoms with Gasteiger partial charge in [-0.05, 0) is 31.2 Å². The van der Waals surface area contributed by atoms with E-state index in [1.54, 1.807) is 24.1 Å². The lowest BCUT2D eigenvalue weighted by Gasteiger charge is -2.16. The van der Waals surface area contributed by atoms with Gasteiger partial charge in [0.05, 0.1) is 18.8 Å². The molecule has 2 heterocycles. The van der Waals surface area contributed by atoms with E-state index in [2.05, 4.69) is 4.98 Å². The Hall–Kier alpha value is -2.14. The molecule has 2 aromatic rings. The lowest BCUT2D eigenvalue weighted by atomic mass is 10.2. The van der Waals surface area contributed by atoms with Crippen molar-refractivity contribution in [2.45, 2.75) is 20.1 Å². The molecule has 0 unspecified atom stereocenters. The minimum atomic E-state index is -0.178. The smallest absolute Gasteiger partial charge is 0.254 e. The van der Waals surface area contributed by atoms with Crippen molar-refractivity contribution < 1.29 is 14.3 Å². The summed E-state index contributed by atoms with van der Waals surface area (Å²) in [4.78, 5) is 17.7. The van der Waals surface area contributed by atoms with Gasteiger partial charge in [-0.1, -0.05) is 0 Å². The summed E-state index contributed by atoms with van der Waals surface area (Å²) in [6, 6.07) is 6.94. The van der Waals surface area contributed by atoms with E-state index >= 15 is 0 Å². The SMILES string of the molecule is Cc1ccc(CN(C)C(=O)c2ccnc(CO)c2)o1. The topological polar surface area (TPSA) is 66.6 Å². The molecule has 0 bridgehead atoms. The van der Waals surface area contributed by atoms with Crippen LogP contribution in [0.4, 0.5) is 0 Å². The van der Waals surface area contributed by atoms with Gasteiger partial charge in [0.15, 0.2) is 0 Å². The first kappa shape index (κ1) is 13.3. The molecule has 0 aliphatic rings. The molecular weight excluding hydrogens is 244 g/mol. The Morgan fingerprint density at radius 1 is 1.42 bits per heavy atom. The van der Waals surface area contributed by atoms with E-state index in [-0.39, 0.29) is 12.5 Å². The molecule has 5 nitrogen and oxygen atoms in total. The summed E-state index contributed by atoms with van der Waals surface area (Å²) in [5.41, 5.74) is 0.984. The quantitative estimate of drug-likeness (QED) is 0.909. The Kier molecular flexibility index (Phi) is 3.97. The van der Waals surface area contributed by atoms with Gasteiger partial charge in [0.2, 0.25) is 0 Å². The maximum Gasteiger partial charge on any atom is 0.254 e. The number of hydrogen-bond acceptors (Lipinski definition) is 4. The largest absolute Gasteiger partial charge is 0.464 e. The van der Waals surface area contributed by atoms with Crippen LogP contribution in [0.1, 0.15) is 27.6 Å². The molecule has 0 radical (unpaired) electrons. The van der Waals surface area contributed by atoms with Crippen molar-refractivity contribution in [2.75, 3.05) is 7.05 Å². The van der Waals surface area contributed by atoms with Crippen molar-refractivity contribution in [1.82, 2.24) is 9.88 Å². The highest BCUT2D eigenvalue weighted by molar-refractivity contribution is 5.94. The maximum atomic E-state index is 12.2. The van der Waals surface area contributed by atoms with Gasteiger partial charge in [-0.2, -0.15) is 0 Å². The predicted octanol–water partition coefficient (Wildman–Crippen LogP) is 1.75. The molecule has 0 aliphatic heterocycles. The Morgan fingerprint density at radius 3 is 2.84 bits per heavy atom. The Balaban J connectivity index is 2.09. The molecule has 0 spiro atoms. The summed E-state index contributed by atoms with van der Waals surface area (Å²) in [5, 5.41) is 9.02. The molecule has 2 aromatic heterocycles. The van der Waals surface area contributed by atoms with E-state index < -0.39 is 0 Å². The fourth-order valence-electron chi connectivity index (χ4n) is 1.79. The van der Waals surface area contributed by atoms with Crippen LogP contribution in [0, 0.1) is 6.92 Å². The molecule has 0 atom stereocenters. The van der Waals surface area contributed by atoms with Crippen molar-refractivity contribution in [1.29, 1.82) is 0 Å². The molecule has 1 amide bonds. The molecule has 0 aliphatic carbocycles. The van der Waals surface area contributed by atoms with Crippen LogP contribution in [0.25, 0.3) is 0 Å². The predicted molar refractivity (Wildman–Crippen MR) is 69.4 cm³/mol. The van der Waals surface area contributed by atoms with Gasteiger partial charge in [-0.3, -0.25) is 9.78 Å². The van der Waals surface area contributed by atoms with E-state index in [0.717, 1.165) is 11.5 Å². The van der Waals surface area contributed by atoms with Gasteiger partial charge in [-0.25, -0.2) is 0 Å². The molecule has 0 aromatic carbocycles. The lowest BCUT2D eigenvalue weighted by molar-refractivity contribution is 0.0774. The number of furan rings is 1. The van der Waals surface area contributed by atoms with E-state index in [1.165, 1.54) is 6.20 Å². The van der Waals surface area contributed by atoms with Crippen LogP contribution in [0.3, 0.4) is 0 Å². The van der Waals surface area contributed by atoms with Crippen molar-refractivity contribution >= 4 is 5.91 Å². The summed E-state index contributed by atoms with van der Waals surface area (Å²) >= 11 is 0.